The van der Waals surface area contributed by atoms with Crippen molar-refractivity contribution in [2.24, 2.45) is 0 Å². The fourth-order valence-electron chi connectivity index (χ4n) is 0.916. The molecule has 60 valence electrons. The molecule has 0 aliphatic carbocycles. The summed E-state index contributed by atoms with van der Waals surface area (Å²) in [6.45, 7) is 2.05. The first-order valence-corrected chi connectivity index (χ1v) is 3.96. The van der Waals surface area contributed by atoms with Crippen LogP contribution in [0.2, 0.25) is 5.02 Å². The molecule has 0 spiro atoms. The molecule has 0 fully saturated rings. The van der Waals surface area contributed by atoms with Gasteiger partial charge in [-0.25, -0.2) is 0 Å². The van der Waals surface area contributed by atoms with Gasteiger partial charge in [0.1, 0.15) is 0 Å². The Morgan fingerprint density at radius 2 is 2.18 bits per heavy atom. The van der Waals surface area contributed by atoms with Crippen LogP contribution in [0.4, 0.5) is 0 Å². The molecule has 0 N–H and O–H groups in total. The lowest BCUT2D eigenvalue weighted by Crippen LogP contribution is -1.89. The molecule has 11 heavy (non-hydrogen) atoms. The highest BCUT2D eigenvalue weighted by molar-refractivity contribution is 6.30. The maximum absolute atomic E-state index is 5.80. The van der Waals surface area contributed by atoms with E-state index < -0.39 is 0 Å². The molecule has 0 aromatic heterocycles. The van der Waals surface area contributed by atoms with Gasteiger partial charge in [0.2, 0.25) is 0 Å². The summed E-state index contributed by atoms with van der Waals surface area (Å²) in [6, 6.07) is 8.03. The van der Waals surface area contributed by atoms with Crippen LogP contribution in [0.25, 0.3) is 5.32 Å². The van der Waals surface area contributed by atoms with E-state index in [1.165, 1.54) is 5.56 Å². The van der Waals surface area contributed by atoms with Gasteiger partial charge in [0.05, 0.1) is 0 Å². The van der Waals surface area contributed by atoms with E-state index in [4.69, 9.17) is 11.6 Å². The van der Waals surface area contributed by atoms with E-state index in [9.17, 15) is 0 Å². The standard InChI is InChI=1S/C9H11ClN/c1-7(11-2)8-4-3-5-9(10)6-8/h3-7H,1-2H3/q-1/t7-/m1/s1. The quantitative estimate of drug-likeness (QED) is 0.643. The summed E-state index contributed by atoms with van der Waals surface area (Å²) >= 11 is 5.80. The summed E-state index contributed by atoms with van der Waals surface area (Å²) in [5, 5.41) is 4.92. The average molecular weight is 169 g/mol. The summed E-state index contributed by atoms with van der Waals surface area (Å²) in [4.78, 5) is 0. The van der Waals surface area contributed by atoms with Crippen molar-refractivity contribution in [3.05, 3.63) is 40.2 Å². The Labute approximate surface area is 72.4 Å². The Bertz CT molecular complexity index is 235. The van der Waals surface area contributed by atoms with Gasteiger partial charge < -0.3 is 5.32 Å². The Kier molecular flexibility index (Phi) is 2.92. The molecule has 2 heteroatoms. The Morgan fingerprint density at radius 1 is 1.45 bits per heavy atom. The van der Waals surface area contributed by atoms with E-state index in [1.54, 1.807) is 0 Å². The highest BCUT2D eigenvalue weighted by atomic mass is 35.5. The maximum Gasteiger partial charge on any atom is 0.0408 e. The van der Waals surface area contributed by atoms with Crippen LogP contribution in [0, 0.1) is 0 Å². The Hall–Kier alpha value is -0.530. The largest absolute Gasteiger partial charge is 0.659 e. The third-order valence-electron chi connectivity index (χ3n) is 1.72. The highest BCUT2D eigenvalue weighted by Gasteiger charge is 1.93. The zero-order valence-corrected chi connectivity index (χ0v) is 7.47. The van der Waals surface area contributed by atoms with Gasteiger partial charge in [-0.1, -0.05) is 36.2 Å². The second-order valence-electron chi connectivity index (χ2n) is 2.49. The van der Waals surface area contributed by atoms with Crippen LogP contribution < -0.4 is 0 Å². The molecular formula is C9H11ClN-. The Morgan fingerprint density at radius 3 is 2.73 bits per heavy atom. The Balaban J connectivity index is 2.86. The van der Waals surface area contributed by atoms with Gasteiger partial charge in [0, 0.05) is 5.02 Å². The average Bonchev–Trinajstić information content (AvgIpc) is 2.03. The second kappa shape index (κ2) is 3.74. The highest BCUT2D eigenvalue weighted by Crippen LogP contribution is 2.21. The van der Waals surface area contributed by atoms with Gasteiger partial charge in [0.15, 0.2) is 0 Å². The molecule has 0 aliphatic heterocycles. The minimum atomic E-state index is 0.244. The lowest BCUT2D eigenvalue weighted by atomic mass is 10.1. The molecule has 1 nitrogen and oxygen atoms in total. The van der Waals surface area contributed by atoms with Crippen molar-refractivity contribution in [3.8, 4) is 0 Å². The third kappa shape index (κ3) is 2.21. The second-order valence-corrected chi connectivity index (χ2v) is 2.93. The van der Waals surface area contributed by atoms with Crippen molar-refractivity contribution in [1.82, 2.24) is 0 Å². The molecule has 1 atom stereocenters. The van der Waals surface area contributed by atoms with Gasteiger partial charge in [-0.2, -0.15) is 7.05 Å². The van der Waals surface area contributed by atoms with Crippen molar-refractivity contribution in [2.75, 3.05) is 7.05 Å². The van der Waals surface area contributed by atoms with Gasteiger partial charge >= 0.3 is 0 Å². The van der Waals surface area contributed by atoms with Crippen molar-refractivity contribution in [2.45, 2.75) is 13.0 Å². The van der Waals surface area contributed by atoms with Crippen LogP contribution >= 0.6 is 11.6 Å². The number of halogens is 1. The normalized spacial score (nSPS) is 13.0. The predicted molar refractivity (Wildman–Crippen MR) is 49.2 cm³/mol. The summed E-state index contributed by atoms with van der Waals surface area (Å²) in [7, 11) is 1.81. The molecule has 0 unspecified atom stereocenters. The smallest absolute Gasteiger partial charge is 0.0408 e. The number of hydrogen-bond donors (Lipinski definition) is 0. The molecule has 0 amide bonds. The first-order valence-electron chi connectivity index (χ1n) is 3.58. The van der Waals surface area contributed by atoms with Gasteiger partial charge in [-0.15, -0.1) is 6.04 Å². The molecule has 0 heterocycles. The fourth-order valence-corrected chi connectivity index (χ4v) is 1.11. The van der Waals surface area contributed by atoms with Crippen LogP contribution in [0.1, 0.15) is 18.5 Å². The van der Waals surface area contributed by atoms with E-state index in [1.807, 2.05) is 38.2 Å². The van der Waals surface area contributed by atoms with E-state index in [0.29, 0.717) is 0 Å². The minimum absolute atomic E-state index is 0.244. The molecule has 0 saturated carbocycles. The third-order valence-corrected chi connectivity index (χ3v) is 1.95. The van der Waals surface area contributed by atoms with E-state index in [-0.39, 0.29) is 6.04 Å². The molecule has 0 radical (unpaired) electrons. The summed E-state index contributed by atoms with van der Waals surface area (Å²) in [5.74, 6) is 0. The summed E-state index contributed by atoms with van der Waals surface area (Å²) in [6.07, 6.45) is 0. The number of nitrogens with zero attached hydrogens (tertiary/aromatic N) is 1. The van der Waals surface area contributed by atoms with Crippen molar-refractivity contribution in [1.29, 1.82) is 0 Å². The van der Waals surface area contributed by atoms with Crippen LogP contribution in [-0.2, 0) is 0 Å². The van der Waals surface area contributed by atoms with E-state index in [2.05, 4.69) is 5.32 Å². The molecule has 0 saturated heterocycles. The van der Waals surface area contributed by atoms with Crippen molar-refractivity contribution >= 4 is 11.6 Å². The molecule has 1 aromatic rings. The van der Waals surface area contributed by atoms with Crippen LogP contribution in [0.5, 0.6) is 0 Å². The lowest BCUT2D eigenvalue weighted by Gasteiger charge is -2.23. The SMILES string of the molecule is C[N-][C@H](C)c1cccc(Cl)c1. The van der Waals surface area contributed by atoms with Gasteiger partial charge in [-0.05, 0) is 12.1 Å². The van der Waals surface area contributed by atoms with Crippen molar-refractivity contribution < 1.29 is 0 Å². The first kappa shape index (κ1) is 8.57. The number of hydrogen-bond acceptors (Lipinski definition) is 0. The zero-order valence-electron chi connectivity index (χ0n) is 6.71. The monoisotopic (exact) mass is 168 g/mol. The van der Waals surface area contributed by atoms with Gasteiger partial charge in [-0.3, -0.25) is 0 Å². The number of benzene rings is 1. The van der Waals surface area contributed by atoms with E-state index >= 15 is 0 Å². The molecule has 0 bridgehead atoms. The summed E-state index contributed by atoms with van der Waals surface area (Å²) < 4.78 is 0. The van der Waals surface area contributed by atoms with Crippen molar-refractivity contribution in [3.63, 3.8) is 0 Å². The first-order chi connectivity index (χ1) is 5.24. The van der Waals surface area contributed by atoms with Crippen LogP contribution in [0.3, 0.4) is 0 Å². The maximum atomic E-state index is 5.80. The topological polar surface area (TPSA) is 14.1 Å². The zero-order chi connectivity index (χ0) is 8.27. The molecule has 1 aromatic carbocycles. The lowest BCUT2D eigenvalue weighted by molar-refractivity contribution is 0.916. The molecular weight excluding hydrogens is 158 g/mol. The van der Waals surface area contributed by atoms with Crippen LogP contribution in [-0.4, -0.2) is 7.05 Å². The summed E-state index contributed by atoms with van der Waals surface area (Å²) in [5.41, 5.74) is 1.17. The fraction of sp³-hybridized carbons (Fsp3) is 0.333. The van der Waals surface area contributed by atoms with Gasteiger partial charge in [0.25, 0.3) is 0 Å². The van der Waals surface area contributed by atoms with Crippen LogP contribution in [0.15, 0.2) is 24.3 Å². The molecule has 0 aliphatic rings. The predicted octanol–water partition coefficient (Wildman–Crippen LogP) is 3.40. The van der Waals surface area contributed by atoms with E-state index in [0.717, 1.165) is 5.02 Å². The molecule has 1 rings (SSSR count). The number of rotatable bonds is 2. The minimum Gasteiger partial charge on any atom is -0.659 e.